The number of nitrogens with zero attached hydrogens (tertiary/aromatic N) is 1. The van der Waals surface area contributed by atoms with E-state index in [1.807, 2.05) is 19.1 Å². The molecule has 1 heterocycles. The Balaban J connectivity index is 1.87. The van der Waals surface area contributed by atoms with Gasteiger partial charge in [-0.15, -0.1) is 0 Å². The first-order valence-electron chi connectivity index (χ1n) is 7.35. The lowest BCUT2D eigenvalue weighted by Crippen LogP contribution is -2.29. The zero-order valence-corrected chi connectivity index (χ0v) is 13.6. The molecule has 0 unspecified atom stereocenters. The molecular weight excluding hydrogens is 328 g/mol. The zero-order valence-electron chi connectivity index (χ0n) is 13.6. The van der Waals surface area contributed by atoms with Gasteiger partial charge in [0.25, 0.3) is 5.91 Å². The number of amides is 1. The van der Waals surface area contributed by atoms with Crippen molar-refractivity contribution in [1.82, 2.24) is 0 Å². The predicted octanol–water partition coefficient (Wildman–Crippen LogP) is 3.08. The van der Waals surface area contributed by atoms with Crippen LogP contribution in [0.1, 0.15) is 18.2 Å². The van der Waals surface area contributed by atoms with Crippen LogP contribution in [-0.2, 0) is 14.3 Å². The molecule has 2 rings (SSSR count). The highest BCUT2D eigenvalue weighted by atomic mass is 16.6. The second kappa shape index (κ2) is 7.91. The molecule has 0 saturated heterocycles. The number of carbonyl (C=O) groups excluding carboxylic acids is 2. The van der Waals surface area contributed by atoms with E-state index in [4.69, 9.17) is 9.15 Å². The van der Waals surface area contributed by atoms with Gasteiger partial charge in [-0.05, 0) is 38.1 Å². The highest BCUT2D eigenvalue weighted by Crippen LogP contribution is 2.16. The van der Waals surface area contributed by atoms with E-state index in [-0.39, 0.29) is 5.76 Å². The molecule has 1 aromatic heterocycles. The maximum absolute atomic E-state index is 12.0. The summed E-state index contributed by atoms with van der Waals surface area (Å²) in [6, 6.07) is 9.68. The van der Waals surface area contributed by atoms with Crippen molar-refractivity contribution in [2.45, 2.75) is 20.0 Å². The number of carbonyl (C=O) groups is 2. The SMILES string of the molecule is Cc1ccc(NC(=O)[C@H](C)OC(=O)/C=C/c2ccc([N+](=O)[O-])o2)cc1. The van der Waals surface area contributed by atoms with Crippen molar-refractivity contribution in [2.24, 2.45) is 0 Å². The molecule has 0 fully saturated rings. The Kier molecular flexibility index (Phi) is 5.67. The summed E-state index contributed by atoms with van der Waals surface area (Å²) in [4.78, 5) is 33.5. The lowest BCUT2D eigenvalue weighted by molar-refractivity contribution is -0.402. The molecule has 1 aromatic carbocycles. The van der Waals surface area contributed by atoms with Crippen LogP contribution in [0.5, 0.6) is 0 Å². The summed E-state index contributed by atoms with van der Waals surface area (Å²) in [6.45, 7) is 3.36. The Morgan fingerprint density at radius 1 is 1.24 bits per heavy atom. The van der Waals surface area contributed by atoms with E-state index in [1.165, 1.54) is 25.1 Å². The fraction of sp³-hybridized carbons (Fsp3) is 0.176. The van der Waals surface area contributed by atoms with E-state index in [1.54, 1.807) is 12.1 Å². The smallest absolute Gasteiger partial charge is 0.433 e. The second-order valence-corrected chi connectivity index (χ2v) is 5.20. The minimum absolute atomic E-state index is 0.125. The maximum Gasteiger partial charge on any atom is 0.433 e. The minimum atomic E-state index is -1.01. The second-order valence-electron chi connectivity index (χ2n) is 5.20. The quantitative estimate of drug-likeness (QED) is 0.373. The number of nitrogens with one attached hydrogen (secondary N) is 1. The van der Waals surface area contributed by atoms with Gasteiger partial charge in [0, 0.05) is 11.8 Å². The number of hydrogen-bond acceptors (Lipinski definition) is 6. The lowest BCUT2D eigenvalue weighted by atomic mass is 10.2. The molecule has 2 aromatic rings. The Labute approximate surface area is 143 Å². The van der Waals surface area contributed by atoms with Crippen molar-refractivity contribution in [3.05, 3.63) is 63.9 Å². The summed E-state index contributed by atoms with van der Waals surface area (Å²) in [6.07, 6.45) is 1.24. The molecular formula is C17H16N2O6. The van der Waals surface area contributed by atoms with Crippen molar-refractivity contribution in [3.8, 4) is 0 Å². The van der Waals surface area contributed by atoms with Crippen molar-refractivity contribution >= 4 is 29.5 Å². The normalized spacial score (nSPS) is 11.9. The first-order chi connectivity index (χ1) is 11.8. The monoisotopic (exact) mass is 344 g/mol. The predicted molar refractivity (Wildman–Crippen MR) is 89.8 cm³/mol. The van der Waals surface area contributed by atoms with Crippen LogP contribution >= 0.6 is 0 Å². The van der Waals surface area contributed by atoms with Gasteiger partial charge in [0.2, 0.25) is 0 Å². The van der Waals surface area contributed by atoms with E-state index in [2.05, 4.69) is 5.32 Å². The molecule has 1 N–H and O–H groups in total. The summed E-state index contributed by atoms with van der Waals surface area (Å²) in [5, 5.41) is 13.1. The van der Waals surface area contributed by atoms with Crippen LogP contribution in [0, 0.1) is 17.0 Å². The van der Waals surface area contributed by atoms with Gasteiger partial charge in [0.05, 0.1) is 6.07 Å². The largest absolute Gasteiger partial charge is 0.449 e. The fourth-order valence-corrected chi connectivity index (χ4v) is 1.83. The first kappa shape index (κ1) is 17.9. The van der Waals surface area contributed by atoms with Crippen LogP contribution in [0.2, 0.25) is 0 Å². The summed E-state index contributed by atoms with van der Waals surface area (Å²) < 4.78 is 9.83. The molecule has 130 valence electrons. The number of aryl methyl sites for hydroxylation is 1. The summed E-state index contributed by atoms with van der Waals surface area (Å²) in [7, 11) is 0. The number of hydrogen-bond donors (Lipinski definition) is 1. The molecule has 25 heavy (non-hydrogen) atoms. The molecule has 0 aliphatic rings. The lowest BCUT2D eigenvalue weighted by Gasteiger charge is -2.12. The van der Waals surface area contributed by atoms with Crippen LogP contribution in [0.3, 0.4) is 0 Å². The van der Waals surface area contributed by atoms with Crippen molar-refractivity contribution < 1.29 is 23.7 Å². The van der Waals surface area contributed by atoms with Crippen molar-refractivity contribution in [3.63, 3.8) is 0 Å². The molecule has 0 saturated carbocycles. The van der Waals surface area contributed by atoms with E-state index < -0.39 is 28.8 Å². The molecule has 0 bridgehead atoms. The van der Waals surface area contributed by atoms with Gasteiger partial charge in [-0.25, -0.2) is 4.79 Å². The Morgan fingerprint density at radius 3 is 2.52 bits per heavy atom. The number of furan rings is 1. The molecule has 0 spiro atoms. The molecule has 0 aliphatic carbocycles. The standard InChI is InChI=1S/C17H16N2O6/c1-11-3-5-13(6-4-11)18-17(21)12(2)24-16(20)10-8-14-7-9-15(25-14)19(22)23/h3-10,12H,1-2H3,(H,18,21)/b10-8+/t12-/m0/s1. The van der Waals surface area contributed by atoms with Gasteiger partial charge in [-0.1, -0.05) is 17.7 Å². The minimum Gasteiger partial charge on any atom is -0.449 e. The summed E-state index contributed by atoms with van der Waals surface area (Å²) >= 11 is 0. The highest BCUT2D eigenvalue weighted by molar-refractivity contribution is 5.96. The number of anilines is 1. The summed E-state index contributed by atoms with van der Waals surface area (Å²) in [5.41, 5.74) is 1.65. The fourth-order valence-electron chi connectivity index (χ4n) is 1.83. The van der Waals surface area contributed by atoms with Gasteiger partial charge in [-0.3, -0.25) is 14.9 Å². The van der Waals surface area contributed by atoms with E-state index in [0.29, 0.717) is 5.69 Å². The Morgan fingerprint density at radius 2 is 1.92 bits per heavy atom. The van der Waals surface area contributed by atoms with Crippen LogP contribution in [0.4, 0.5) is 11.6 Å². The maximum atomic E-state index is 12.0. The molecule has 1 amide bonds. The number of esters is 1. The molecule has 0 aliphatic heterocycles. The molecule has 8 heteroatoms. The number of benzene rings is 1. The zero-order chi connectivity index (χ0) is 18.4. The van der Waals surface area contributed by atoms with Gasteiger partial charge < -0.3 is 14.5 Å². The van der Waals surface area contributed by atoms with Crippen LogP contribution < -0.4 is 5.32 Å². The average Bonchev–Trinajstić information content (AvgIpc) is 3.04. The van der Waals surface area contributed by atoms with E-state index in [0.717, 1.165) is 11.6 Å². The van der Waals surface area contributed by atoms with Crippen LogP contribution in [-0.4, -0.2) is 22.9 Å². The van der Waals surface area contributed by atoms with Gasteiger partial charge in [0.1, 0.15) is 10.7 Å². The topological polar surface area (TPSA) is 112 Å². The Bertz CT molecular complexity index is 807. The van der Waals surface area contributed by atoms with Crippen molar-refractivity contribution in [2.75, 3.05) is 5.32 Å². The van der Waals surface area contributed by atoms with Gasteiger partial charge >= 0.3 is 11.9 Å². The average molecular weight is 344 g/mol. The summed E-state index contributed by atoms with van der Waals surface area (Å²) in [5.74, 6) is -1.55. The first-order valence-corrected chi connectivity index (χ1v) is 7.35. The third-order valence-corrected chi connectivity index (χ3v) is 3.16. The third kappa shape index (κ3) is 5.31. The highest BCUT2D eigenvalue weighted by Gasteiger charge is 2.17. The van der Waals surface area contributed by atoms with Crippen molar-refractivity contribution in [1.29, 1.82) is 0 Å². The van der Waals surface area contributed by atoms with Crippen LogP contribution in [0.15, 0.2) is 46.9 Å². The van der Waals surface area contributed by atoms with Gasteiger partial charge in [-0.2, -0.15) is 0 Å². The number of ether oxygens (including phenoxy) is 1. The number of rotatable bonds is 6. The molecule has 8 nitrogen and oxygen atoms in total. The molecule has 1 atom stereocenters. The van der Waals surface area contributed by atoms with Gasteiger partial charge in [0.15, 0.2) is 6.10 Å². The molecule has 0 radical (unpaired) electrons. The van der Waals surface area contributed by atoms with E-state index in [9.17, 15) is 19.7 Å². The van der Waals surface area contributed by atoms with Crippen LogP contribution in [0.25, 0.3) is 6.08 Å². The Hall–Kier alpha value is -3.42. The number of nitro groups is 1. The van der Waals surface area contributed by atoms with E-state index >= 15 is 0 Å². The third-order valence-electron chi connectivity index (χ3n) is 3.16.